The molecule has 7 heteroatoms. The Hall–Kier alpha value is -3.66. The fraction of sp³-hybridized carbons (Fsp3) is 0.174. The standard InChI is InChI=1S/C23H18F3N3O/c1-15-9-17(10-16(2)22(15)30-14-20-5-3-4-8-28-20)11-18(12-27)21-7-6-19(13-29-21)23(24,25)26/h3-11,13H,14H2,1-2H3/b18-11+. The lowest BCUT2D eigenvalue weighted by atomic mass is 10.0. The molecule has 1 aromatic carbocycles. The smallest absolute Gasteiger partial charge is 0.417 e. The average Bonchev–Trinajstić information content (AvgIpc) is 2.71. The van der Waals surface area contributed by atoms with Crippen LogP contribution < -0.4 is 4.74 Å². The Morgan fingerprint density at radius 2 is 1.83 bits per heavy atom. The molecule has 2 heterocycles. The third-order valence-corrected chi connectivity index (χ3v) is 4.37. The van der Waals surface area contributed by atoms with Crippen LogP contribution in [-0.2, 0) is 12.8 Å². The molecule has 0 saturated heterocycles. The van der Waals surface area contributed by atoms with Crippen LogP contribution in [0.1, 0.15) is 33.6 Å². The van der Waals surface area contributed by atoms with E-state index in [1.807, 2.05) is 50.2 Å². The van der Waals surface area contributed by atoms with E-state index in [-0.39, 0.29) is 11.3 Å². The molecular weight excluding hydrogens is 391 g/mol. The quantitative estimate of drug-likeness (QED) is 0.503. The highest BCUT2D eigenvalue weighted by Gasteiger charge is 2.30. The van der Waals surface area contributed by atoms with Crippen LogP contribution in [0.25, 0.3) is 11.6 Å². The van der Waals surface area contributed by atoms with Crippen LogP contribution in [0, 0.1) is 25.2 Å². The number of hydrogen-bond acceptors (Lipinski definition) is 4. The summed E-state index contributed by atoms with van der Waals surface area (Å²) in [6.45, 7) is 4.11. The summed E-state index contributed by atoms with van der Waals surface area (Å²) in [6.07, 6.45) is -0.448. The number of hydrogen-bond donors (Lipinski definition) is 0. The lowest BCUT2D eigenvalue weighted by Gasteiger charge is -2.13. The normalized spacial score (nSPS) is 11.8. The maximum absolute atomic E-state index is 12.7. The molecule has 152 valence electrons. The molecule has 0 radical (unpaired) electrons. The molecule has 0 aliphatic heterocycles. The van der Waals surface area contributed by atoms with Gasteiger partial charge in [0.25, 0.3) is 0 Å². The SMILES string of the molecule is Cc1cc(/C=C(\C#N)c2ccc(C(F)(F)F)cn2)cc(C)c1OCc1ccccn1. The van der Waals surface area contributed by atoms with Gasteiger partial charge in [-0.05, 0) is 73.0 Å². The molecule has 0 fully saturated rings. The van der Waals surface area contributed by atoms with Crippen LogP contribution in [-0.4, -0.2) is 9.97 Å². The maximum Gasteiger partial charge on any atom is 0.417 e. The van der Waals surface area contributed by atoms with Crippen molar-refractivity contribution in [3.63, 3.8) is 0 Å². The molecular formula is C23H18F3N3O. The van der Waals surface area contributed by atoms with E-state index < -0.39 is 11.7 Å². The van der Waals surface area contributed by atoms with E-state index in [2.05, 4.69) is 9.97 Å². The Bertz CT molecular complexity index is 1080. The fourth-order valence-corrected chi connectivity index (χ4v) is 2.98. The number of aromatic nitrogens is 2. The summed E-state index contributed by atoms with van der Waals surface area (Å²) in [5.41, 5.74) is 2.77. The van der Waals surface area contributed by atoms with Gasteiger partial charge in [0.05, 0.1) is 22.5 Å². The number of aryl methyl sites for hydroxylation is 2. The minimum absolute atomic E-state index is 0.171. The fourth-order valence-electron chi connectivity index (χ4n) is 2.98. The molecule has 3 rings (SSSR count). The molecule has 0 unspecified atom stereocenters. The van der Waals surface area contributed by atoms with Gasteiger partial charge in [0, 0.05) is 12.4 Å². The number of rotatable bonds is 5. The number of ether oxygens (including phenoxy) is 1. The minimum atomic E-state index is -4.47. The lowest BCUT2D eigenvalue weighted by molar-refractivity contribution is -0.137. The molecule has 3 aromatic rings. The van der Waals surface area contributed by atoms with Gasteiger partial charge in [-0.1, -0.05) is 6.07 Å². The van der Waals surface area contributed by atoms with E-state index in [1.54, 1.807) is 12.3 Å². The van der Waals surface area contributed by atoms with E-state index in [0.29, 0.717) is 6.61 Å². The molecule has 0 aliphatic carbocycles. The number of nitrogens with zero attached hydrogens (tertiary/aromatic N) is 3. The highest BCUT2D eigenvalue weighted by Crippen LogP contribution is 2.30. The number of benzene rings is 1. The molecule has 0 amide bonds. The van der Waals surface area contributed by atoms with E-state index in [4.69, 9.17) is 4.74 Å². The molecule has 0 N–H and O–H groups in total. The molecule has 0 bridgehead atoms. The zero-order chi connectivity index (χ0) is 21.7. The van der Waals surface area contributed by atoms with Gasteiger partial charge in [0.1, 0.15) is 18.4 Å². The Morgan fingerprint density at radius 1 is 1.10 bits per heavy atom. The molecule has 30 heavy (non-hydrogen) atoms. The summed E-state index contributed by atoms with van der Waals surface area (Å²) >= 11 is 0. The largest absolute Gasteiger partial charge is 0.487 e. The molecule has 0 atom stereocenters. The van der Waals surface area contributed by atoms with E-state index in [1.165, 1.54) is 6.07 Å². The topological polar surface area (TPSA) is 58.8 Å². The first-order chi connectivity index (χ1) is 14.3. The summed E-state index contributed by atoms with van der Waals surface area (Å²) in [6, 6.07) is 13.4. The maximum atomic E-state index is 12.7. The van der Waals surface area contributed by atoms with Gasteiger partial charge in [-0.2, -0.15) is 18.4 Å². The van der Waals surface area contributed by atoms with Crippen molar-refractivity contribution in [2.75, 3.05) is 0 Å². The van der Waals surface area contributed by atoms with Gasteiger partial charge in [-0.25, -0.2) is 0 Å². The van der Waals surface area contributed by atoms with Gasteiger partial charge < -0.3 is 4.74 Å². The predicted molar refractivity (Wildman–Crippen MR) is 107 cm³/mol. The molecule has 4 nitrogen and oxygen atoms in total. The second-order valence-corrected chi connectivity index (χ2v) is 6.69. The number of halogens is 3. The van der Waals surface area contributed by atoms with Gasteiger partial charge in [0.15, 0.2) is 0 Å². The predicted octanol–water partition coefficient (Wildman–Crippen LogP) is 5.76. The third kappa shape index (κ3) is 5.03. The van der Waals surface area contributed by atoms with Crippen molar-refractivity contribution in [1.82, 2.24) is 9.97 Å². The van der Waals surface area contributed by atoms with Gasteiger partial charge in [0.2, 0.25) is 0 Å². The van der Waals surface area contributed by atoms with Crippen molar-refractivity contribution in [1.29, 1.82) is 5.26 Å². The summed E-state index contributed by atoms with van der Waals surface area (Å²) in [7, 11) is 0. The van der Waals surface area contributed by atoms with Crippen molar-refractivity contribution in [2.24, 2.45) is 0 Å². The van der Waals surface area contributed by atoms with Crippen LogP contribution in [0.5, 0.6) is 5.75 Å². The van der Waals surface area contributed by atoms with Crippen molar-refractivity contribution >= 4 is 11.6 Å². The summed E-state index contributed by atoms with van der Waals surface area (Å²) in [4.78, 5) is 8.02. The highest BCUT2D eigenvalue weighted by molar-refractivity contribution is 5.88. The summed E-state index contributed by atoms with van der Waals surface area (Å²) in [5.74, 6) is 0.726. The molecule has 0 saturated carbocycles. The Morgan fingerprint density at radius 3 is 2.37 bits per heavy atom. The van der Waals surface area contributed by atoms with Gasteiger partial charge in [-0.15, -0.1) is 0 Å². The van der Waals surface area contributed by atoms with Crippen LogP contribution in [0.2, 0.25) is 0 Å². The van der Waals surface area contributed by atoms with Crippen molar-refractivity contribution in [2.45, 2.75) is 26.6 Å². The Kier molecular flexibility index (Phi) is 6.17. The highest BCUT2D eigenvalue weighted by atomic mass is 19.4. The molecule has 0 spiro atoms. The summed E-state index contributed by atoms with van der Waals surface area (Å²) < 4.78 is 44.0. The van der Waals surface area contributed by atoms with Gasteiger partial charge >= 0.3 is 6.18 Å². The Balaban J connectivity index is 1.84. The second kappa shape index (κ2) is 8.78. The lowest BCUT2D eigenvalue weighted by Crippen LogP contribution is -2.05. The van der Waals surface area contributed by atoms with Crippen molar-refractivity contribution < 1.29 is 17.9 Å². The second-order valence-electron chi connectivity index (χ2n) is 6.69. The van der Waals surface area contributed by atoms with E-state index in [9.17, 15) is 18.4 Å². The first kappa shape index (κ1) is 21.1. The zero-order valence-electron chi connectivity index (χ0n) is 16.4. The number of allylic oxidation sites excluding steroid dienone is 1. The zero-order valence-corrected chi connectivity index (χ0v) is 16.4. The van der Waals surface area contributed by atoms with E-state index >= 15 is 0 Å². The number of nitriles is 1. The molecule has 2 aromatic heterocycles. The third-order valence-electron chi connectivity index (χ3n) is 4.37. The Labute approximate surface area is 172 Å². The molecule has 0 aliphatic rings. The van der Waals surface area contributed by atoms with Crippen molar-refractivity contribution in [3.05, 3.63) is 88.5 Å². The van der Waals surface area contributed by atoms with Crippen LogP contribution in [0.3, 0.4) is 0 Å². The van der Waals surface area contributed by atoms with Gasteiger partial charge in [-0.3, -0.25) is 9.97 Å². The number of pyridine rings is 2. The summed E-state index contributed by atoms with van der Waals surface area (Å²) in [5, 5.41) is 9.46. The average molecular weight is 409 g/mol. The van der Waals surface area contributed by atoms with Crippen LogP contribution in [0.15, 0.2) is 54.9 Å². The first-order valence-corrected chi connectivity index (χ1v) is 9.07. The first-order valence-electron chi connectivity index (χ1n) is 9.07. The van der Waals surface area contributed by atoms with Crippen LogP contribution in [0.4, 0.5) is 13.2 Å². The monoisotopic (exact) mass is 409 g/mol. The minimum Gasteiger partial charge on any atom is -0.487 e. The van der Waals surface area contributed by atoms with E-state index in [0.717, 1.165) is 40.4 Å². The number of alkyl halides is 3. The van der Waals surface area contributed by atoms with Crippen molar-refractivity contribution in [3.8, 4) is 11.8 Å². The van der Waals surface area contributed by atoms with Crippen LogP contribution >= 0.6 is 0 Å².